The number of methoxy groups -OCH3 is 1. The minimum atomic E-state index is 0.373. The molecule has 0 saturated heterocycles. The predicted molar refractivity (Wildman–Crippen MR) is 61.7 cm³/mol. The number of benzene rings is 1. The van der Waals surface area contributed by atoms with Gasteiger partial charge in [-0.3, -0.25) is 5.10 Å². The van der Waals surface area contributed by atoms with Crippen molar-refractivity contribution in [3.05, 3.63) is 30.6 Å². The summed E-state index contributed by atoms with van der Waals surface area (Å²) in [6.45, 7) is 0. The third-order valence-electron chi connectivity index (χ3n) is 2.39. The van der Waals surface area contributed by atoms with Gasteiger partial charge < -0.3 is 9.26 Å². The summed E-state index contributed by atoms with van der Waals surface area (Å²) >= 11 is 0. The Bertz CT molecular complexity index is 630. The summed E-state index contributed by atoms with van der Waals surface area (Å²) < 4.78 is 10.2. The van der Waals surface area contributed by atoms with Gasteiger partial charge in [0.15, 0.2) is 5.82 Å². The summed E-state index contributed by atoms with van der Waals surface area (Å²) in [5.74, 6) is 2.04. The average Bonchev–Trinajstić information content (AvgIpc) is 3.09. The van der Waals surface area contributed by atoms with E-state index in [1.54, 1.807) is 7.11 Å². The lowest BCUT2D eigenvalue weighted by molar-refractivity contribution is 0.414. The van der Waals surface area contributed by atoms with Crippen LogP contribution in [-0.2, 0) is 0 Å². The average molecular weight is 243 g/mol. The first-order chi connectivity index (χ1) is 8.86. The van der Waals surface area contributed by atoms with Gasteiger partial charge in [0, 0.05) is 5.56 Å². The van der Waals surface area contributed by atoms with Crippen molar-refractivity contribution in [1.29, 1.82) is 0 Å². The van der Waals surface area contributed by atoms with Crippen LogP contribution in [0.25, 0.3) is 23.1 Å². The van der Waals surface area contributed by atoms with Crippen LogP contribution in [0.3, 0.4) is 0 Å². The lowest BCUT2D eigenvalue weighted by atomic mass is 10.2. The van der Waals surface area contributed by atoms with Crippen molar-refractivity contribution >= 4 is 0 Å². The van der Waals surface area contributed by atoms with Crippen LogP contribution in [0, 0.1) is 0 Å². The minimum absolute atomic E-state index is 0.373. The van der Waals surface area contributed by atoms with Crippen LogP contribution in [0.15, 0.2) is 35.1 Å². The fraction of sp³-hybridized carbons (Fsp3) is 0.0909. The number of hydrogen-bond acceptors (Lipinski definition) is 6. The number of nitrogens with zero attached hydrogens (tertiary/aromatic N) is 4. The van der Waals surface area contributed by atoms with E-state index in [2.05, 4.69) is 25.3 Å². The van der Waals surface area contributed by atoms with E-state index < -0.39 is 0 Å². The van der Waals surface area contributed by atoms with Crippen LogP contribution in [0.5, 0.6) is 5.75 Å². The number of rotatable bonds is 3. The smallest absolute Gasteiger partial charge is 0.258 e. The third-order valence-corrected chi connectivity index (χ3v) is 2.39. The number of nitrogens with one attached hydrogen (secondary N) is 1. The molecular weight excluding hydrogens is 234 g/mol. The van der Waals surface area contributed by atoms with E-state index in [1.807, 2.05) is 24.3 Å². The number of aromatic amines is 1. The minimum Gasteiger partial charge on any atom is -0.497 e. The molecule has 2 aromatic heterocycles. The maximum Gasteiger partial charge on any atom is 0.258 e. The largest absolute Gasteiger partial charge is 0.497 e. The van der Waals surface area contributed by atoms with Gasteiger partial charge in [-0.2, -0.15) is 10.1 Å². The number of ether oxygens (including phenoxy) is 1. The highest BCUT2D eigenvalue weighted by Gasteiger charge is 2.12. The Morgan fingerprint density at radius 1 is 1.22 bits per heavy atom. The lowest BCUT2D eigenvalue weighted by Gasteiger charge is -1.98. The summed E-state index contributed by atoms with van der Waals surface area (Å²) in [6.07, 6.45) is 1.39. The van der Waals surface area contributed by atoms with E-state index in [1.165, 1.54) is 6.33 Å². The molecule has 0 aliphatic rings. The summed E-state index contributed by atoms with van der Waals surface area (Å²) in [5, 5.41) is 10.2. The number of H-pyrrole nitrogens is 1. The Morgan fingerprint density at radius 2 is 2.06 bits per heavy atom. The normalized spacial score (nSPS) is 10.5. The second-order valence-corrected chi connectivity index (χ2v) is 3.49. The van der Waals surface area contributed by atoms with E-state index in [-0.39, 0.29) is 0 Å². The molecule has 0 unspecified atom stereocenters. The van der Waals surface area contributed by atoms with E-state index in [4.69, 9.17) is 9.26 Å². The first kappa shape index (κ1) is 10.5. The van der Waals surface area contributed by atoms with Gasteiger partial charge in [0.2, 0.25) is 5.82 Å². The number of aromatic nitrogens is 5. The third kappa shape index (κ3) is 1.81. The Balaban J connectivity index is 1.92. The van der Waals surface area contributed by atoms with E-state index in [9.17, 15) is 0 Å². The fourth-order valence-corrected chi connectivity index (χ4v) is 1.48. The Morgan fingerprint density at radius 3 is 2.72 bits per heavy atom. The highest BCUT2D eigenvalue weighted by molar-refractivity contribution is 5.56. The van der Waals surface area contributed by atoms with Crippen molar-refractivity contribution < 1.29 is 9.26 Å². The Hall–Kier alpha value is -2.70. The van der Waals surface area contributed by atoms with Crippen LogP contribution in [-0.4, -0.2) is 32.4 Å². The van der Waals surface area contributed by atoms with Crippen LogP contribution >= 0.6 is 0 Å². The van der Waals surface area contributed by atoms with Crippen molar-refractivity contribution in [3.63, 3.8) is 0 Å². The fourth-order valence-electron chi connectivity index (χ4n) is 1.48. The van der Waals surface area contributed by atoms with Gasteiger partial charge in [-0.1, -0.05) is 5.16 Å². The van der Waals surface area contributed by atoms with Gasteiger partial charge in [-0.25, -0.2) is 4.98 Å². The molecule has 0 radical (unpaired) electrons. The first-order valence-electron chi connectivity index (χ1n) is 5.20. The van der Waals surface area contributed by atoms with Crippen LogP contribution in [0.4, 0.5) is 0 Å². The molecule has 0 aliphatic carbocycles. The molecule has 3 rings (SSSR count). The molecule has 2 heterocycles. The van der Waals surface area contributed by atoms with Crippen molar-refractivity contribution in [2.75, 3.05) is 7.11 Å². The molecule has 0 amide bonds. The quantitative estimate of drug-likeness (QED) is 0.750. The van der Waals surface area contributed by atoms with Gasteiger partial charge in [-0.15, -0.1) is 0 Å². The molecule has 1 N–H and O–H groups in total. The highest BCUT2D eigenvalue weighted by Crippen LogP contribution is 2.22. The second-order valence-electron chi connectivity index (χ2n) is 3.49. The summed E-state index contributed by atoms with van der Waals surface area (Å²) in [6, 6.07) is 7.34. The molecule has 1 aromatic carbocycles. The molecule has 0 spiro atoms. The van der Waals surface area contributed by atoms with E-state index >= 15 is 0 Å². The van der Waals surface area contributed by atoms with Crippen LogP contribution in [0.1, 0.15) is 0 Å². The maximum absolute atomic E-state index is 5.16. The molecule has 18 heavy (non-hydrogen) atoms. The van der Waals surface area contributed by atoms with Crippen LogP contribution < -0.4 is 4.74 Å². The van der Waals surface area contributed by atoms with Crippen molar-refractivity contribution in [2.45, 2.75) is 0 Å². The van der Waals surface area contributed by atoms with Gasteiger partial charge in [0.1, 0.15) is 12.1 Å². The first-order valence-corrected chi connectivity index (χ1v) is 5.20. The topological polar surface area (TPSA) is 89.7 Å². The zero-order chi connectivity index (χ0) is 12.4. The SMILES string of the molecule is COc1ccc(-c2nc(-c3ncn[nH]3)no2)cc1. The molecule has 7 heteroatoms. The van der Waals surface area contributed by atoms with Gasteiger partial charge in [0.25, 0.3) is 5.89 Å². The predicted octanol–water partition coefficient (Wildman–Crippen LogP) is 1.53. The highest BCUT2D eigenvalue weighted by atomic mass is 16.5. The molecule has 90 valence electrons. The molecule has 0 bridgehead atoms. The standard InChI is InChI=1S/C11H9N5O2/c1-17-8-4-2-7(3-5-8)11-14-10(16-18-11)9-12-6-13-15-9/h2-6H,1H3,(H,12,13,15). The molecule has 3 aromatic rings. The summed E-state index contributed by atoms with van der Waals surface area (Å²) in [5.41, 5.74) is 0.814. The van der Waals surface area contributed by atoms with Gasteiger partial charge in [0.05, 0.1) is 7.11 Å². The van der Waals surface area contributed by atoms with Crippen molar-refractivity contribution in [3.8, 4) is 28.9 Å². The Labute approximate surface area is 102 Å². The monoisotopic (exact) mass is 243 g/mol. The van der Waals surface area contributed by atoms with Crippen molar-refractivity contribution in [2.24, 2.45) is 0 Å². The Kier molecular flexibility index (Phi) is 2.49. The molecule has 0 fully saturated rings. The number of hydrogen-bond donors (Lipinski definition) is 1. The zero-order valence-corrected chi connectivity index (χ0v) is 9.49. The molecule has 0 aliphatic heterocycles. The van der Waals surface area contributed by atoms with Gasteiger partial charge in [-0.05, 0) is 24.3 Å². The van der Waals surface area contributed by atoms with E-state index in [0.29, 0.717) is 17.5 Å². The van der Waals surface area contributed by atoms with Gasteiger partial charge >= 0.3 is 0 Å². The molecule has 7 nitrogen and oxygen atoms in total. The summed E-state index contributed by atoms with van der Waals surface area (Å²) in [4.78, 5) is 8.18. The maximum atomic E-state index is 5.16. The molecular formula is C11H9N5O2. The molecule has 0 atom stereocenters. The zero-order valence-electron chi connectivity index (χ0n) is 9.49. The van der Waals surface area contributed by atoms with Crippen LogP contribution in [0.2, 0.25) is 0 Å². The van der Waals surface area contributed by atoms with E-state index in [0.717, 1.165) is 11.3 Å². The summed E-state index contributed by atoms with van der Waals surface area (Å²) in [7, 11) is 1.61. The second kappa shape index (κ2) is 4.28. The molecule has 0 saturated carbocycles. The lowest BCUT2D eigenvalue weighted by Crippen LogP contribution is -1.84. The van der Waals surface area contributed by atoms with Crippen molar-refractivity contribution in [1.82, 2.24) is 25.3 Å².